The maximum absolute atomic E-state index is 10.8. The zero-order chi connectivity index (χ0) is 13.3. The van der Waals surface area contributed by atoms with E-state index in [1.165, 1.54) is 0 Å². The fourth-order valence-electron chi connectivity index (χ4n) is 2.73. The summed E-state index contributed by atoms with van der Waals surface area (Å²) in [4.78, 5) is 2.25. The lowest BCUT2D eigenvalue weighted by Gasteiger charge is -2.37. The first-order valence-corrected chi connectivity index (χ1v) is 6.98. The van der Waals surface area contributed by atoms with Gasteiger partial charge in [0.2, 0.25) is 0 Å². The van der Waals surface area contributed by atoms with Crippen molar-refractivity contribution in [3.63, 3.8) is 0 Å². The summed E-state index contributed by atoms with van der Waals surface area (Å²) in [6, 6.07) is 5.84. The van der Waals surface area contributed by atoms with Crippen molar-refractivity contribution in [1.29, 1.82) is 0 Å². The average molecular weight is 263 g/mol. The number of benzene rings is 1. The predicted octanol–water partition coefficient (Wildman–Crippen LogP) is 1.76. The second-order valence-electron chi connectivity index (χ2n) is 5.55. The van der Waals surface area contributed by atoms with Crippen molar-refractivity contribution in [2.24, 2.45) is 0 Å². The molecule has 19 heavy (non-hydrogen) atoms. The number of hydrogen-bond donors (Lipinski definition) is 1. The van der Waals surface area contributed by atoms with Gasteiger partial charge in [0.15, 0.2) is 11.5 Å². The van der Waals surface area contributed by atoms with Gasteiger partial charge in [-0.25, -0.2) is 0 Å². The number of rotatable bonds is 1. The molecule has 3 rings (SSSR count). The van der Waals surface area contributed by atoms with Crippen molar-refractivity contribution in [2.45, 2.75) is 24.9 Å². The lowest BCUT2D eigenvalue weighted by atomic mass is 9.84. The van der Waals surface area contributed by atoms with E-state index >= 15 is 0 Å². The molecule has 1 aromatic carbocycles. The van der Waals surface area contributed by atoms with Crippen molar-refractivity contribution in [3.05, 3.63) is 23.8 Å². The van der Waals surface area contributed by atoms with E-state index in [4.69, 9.17) is 9.47 Å². The number of hydrogen-bond acceptors (Lipinski definition) is 4. The summed E-state index contributed by atoms with van der Waals surface area (Å²) in [5.74, 6) is 1.56. The zero-order valence-corrected chi connectivity index (χ0v) is 11.4. The van der Waals surface area contributed by atoms with Gasteiger partial charge in [0.25, 0.3) is 0 Å². The first-order chi connectivity index (χ1) is 9.17. The summed E-state index contributed by atoms with van der Waals surface area (Å²) in [6.45, 7) is 3.22. The largest absolute Gasteiger partial charge is 0.490 e. The Labute approximate surface area is 113 Å². The van der Waals surface area contributed by atoms with E-state index in [-0.39, 0.29) is 0 Å². The lowest BCUT2D eigenvalue weighted by Crippen LogP contribution is -2.40. The molecule has 0 unspecified atom stereocenters. The second-order valence-corrected chi connectivity index (χ2v) is 5.55. The third-order valence-corrected chi connectivity index (χ3v) is 4.10. The van der Waals surface area contributed by atoms with Crippen LogP contribution in [0.5, 0.6) is 11.5 Å². The zero-order valence-electron chi connectivity index (χ0n) is 11.4. The molecule has 0 saturated carbocycles. The number of likely N-dealkylation sites (tertiary alicyclic amines) is 1. The summed E-state index contributed by atoms with van der Waals surface area (Å²) in [5, 5.41) is 10.8. The van der Waals surface area contributed by atoms with Gasteiger partial charge in [-0.2, -0.15) is 0 Å². The lowest BCUT2D eigenvalue weighted by molar-refractivity contribution is -0.0204. The first kappa shape index (κ1) is 12.8. The monoisotopic (exact) mass is 263 g/mol. The number of piperidine rings is 1. The molecule has 2 aliphatic rings. The molecule has 2 heterocycles. The normalized spacial score (nSPS) is 22.8. The van der Waals surface area contributed by atoms with Crippen molar-refractivity contribution >= 4 is 0 Å². The van der Waals surface area contributed by atoms with E-state index in [1.54, 1.807) is 0 Å². The molecule has 1 saturated heterocycles. The minimum Gasteiger partial charge on any atom is -0.490 e. The van der Waals surface area contributed by atoms with Crippen LogP contribution < -0.4 is 9.47 Å². The van der Waals surface area contributed by atoms with Gasteiger partial charge < -0.3 is 19.5 Å². The molecule has 1 fully saturated rings. The van der Waals surface area contributed by atoms with Gasteiger partial charge in [-0.05, 0) is 37.6 Å². The van der Waals surface area contributed by atoms with E-state index in [9.17, 15) is 5.11 Å². The van der Waals surface area contributed by atoms with E-state index < -0.39 is 5.60 Å². The van der Waals surface area contributed by atoms with Gasteiger partial charge in [0.1, 0.15) is 0 Å². The van der Waals surface area contributed by atoms with Gasteiger partial charge in [-0.3, -0.25) is 0 Å². The maximum Gasteiger partial charge on any atom is 0.161 e. The molecular weight excluding hydrogens is 242 g/mol. The molecule has 2 aliphatic heterocycles. The fraction of sp³-hybridized carbons (Fsp3) is 0.600. The average Bonchev–Trinajstić information content (AvgIpc) is 2.66. The Morgan fingerprint density at radius 3 is 2.53 bits per heavy atom. The molecule has 0 radical (unpaired) electrons. The number of fused-ring (bicyclic) bond motifs is 1. The van der Waals surface area contributed by atoms with Gasteiger partial charge >= 0.3 is 0 Å². The molecule has 1 N–H and O–H groups in total. The number of ether oxygens (including phenoxy) is 2. The van der Waals surface area contributed by atoms with Crippen LogP contribution in [0.4, 0.5) is 0 Å². The topological polar surface area (TPSA) is 41.9 Å². The Bertz CT molecular complexity index is 453. The fourth-order valence-corrected chi connectivity index (χ4v) is 2.73. The summed E-state index contributed by atoms with van der Waals surface area (Å²) in [5.41, 5.74) is 0.224. The van der Waals surface area contributed by atoms with E-state index in [1.807, 2.05) is 18.2 Å². The van der Waals surface area contributed by atoms with Gasteiger partial charge in [-0.1, -0.05) is 6.07 Å². The third-order valence-electron chi connectivity index (χ3n) is 4.10. The molecule has 0 amide bonds. The molecular formula is C15H21NO3. The Morgan fingerprint density at radius 1 is 1.11 bits per heavy atom. The quantitative estimate of drug-likeness (QED) is 0.838. The molecule has 0 aromatic heterocycles. The third kappa shape index (κ3) is 2.55. The highest BCUT2D eigenvalue weighted by molar-refractivity contribution is 5.45. The molecule has 4 nitrogen and oxygen atoms in total. The molecule has 4 heteroatoms. The summed E-state index contributed by atoms with van der Waals surface area (Å²) >= 11 is 0. The highest BCUT2D eigenvalue weighted by Gasteiger charge is 2.33. The van der Waals surface area contributed by atoms with Crippen molar-refractivity contribution in [3.8, 4) is 11.5 Å². The SMILES string of the molecule is CN1CCC(O)(c2ccc3c(c2)OCCCO3)CC1. The van der Waals surface area contributed by atoms with Crippen LogP contribution in [0.1, 0.15) is 24.8 Å². The molecule has 104 valence electrons. The van der Waals surface area contributed by atoms with Gasteiger partial charge in [0, 0.05) is 19.5 Å². The Hall–Kier alpha value is -1.26. The Morgan fingerprint density at radius 2 is 1.79 bits per heavy atom. The van der Waals surface area contributed by atoms with Crippen LogP contribution in [0, 0.1) is 0 Å². The van der Waals surface area contributed by atoms with E-state index in [0.29, 0.717) is 13.2 Å². The highest BCUT2D eigenvalue weighted by Crippen LogP contribution is 2.38. The minimum absolute atomic E-state index is 0.678. The summed E-state index contributed by atoms with van der Waals surface area (Å²) < 4.78 is 11.3. The van der Waals surface area contributed by atoms with Crippen LogP contribution in [-0.2, 0) is 5.60 Å². The van der Waals surface area contributed by atoms with Crippen molar-refractivity contribution < 1.29 is 14.6 Å². The molecule has 1 aromatic rings. The molecule has 0 atom stereocenters. The van der Waals surface area contributed by atoms with Crippen molar-refractivity contribution in [2.75, 3.05) is 33.4 Å². The highest BCUT2D eigenvalue weighted by atomic mass is 16.5. The van der Waals surface area contributed by atoms with Crippen LogP contribution in [0.15, 0.2) is 18.2 Å². The van der Waals surface area contributed by atoms with Crippen LogP contribution in [0.2, 0.25) is 0 Å². The molecule has 0 aliphatic carbocycles. The maximum atomic E-state index is 10.8. The Balaban J connectivity index is 1.87. The smallest absolute Gasteiger partial charge is 0.161 e. The minimum atomic E-state index is -0.725. The predicted molar refractivity (Wildman–Crippen MR) is 72.7 cm³/mol. The number of nitrogens with zero attached hydrogens (tertiary/aromatic N) is 1. The second kappa shape index (κ2) is 5.02. The standard InChI is InChI=1S/C15H21NO3/c1-16-7-5-15(17,6-8-16)12-3-4-13-14(11-12)19-10-2-9-18-13/h3-4,11,17H,2,5-10H2,1H3. The van der Waals surface area contributed by atoms with Crippen LogP contribution >= 0.6 is 0 Å². The summed E-state index contributed by atoms with van der Waals surface area (Å²) in [7, 11) is 2.09. The molecule has 0 spiro atoms. The van der Waals surface area contributed by atoms with Gasteiger partial charge in [0.05, 0.1) is 18.8 Å². The van der Waals surface area contributed by atoms with Gasteiger partial charge in [-0.15, -0.1) is 0 Å². The number of aliphatic hydroxyl groups is 1. The van der Waals surface area contributed by atoms with Crippen LogP contribution in [0.3, 0.4) is 0 Å². The summed E-state index contributed by atoms with van der Waals surface area (Å²) in [6.07, 6.45) is 2.44. The first-order valence-electron chi connectivity index (χ1n) is 6.98. The van der Waals surface area contributed by atoms with Crippen LogP contribution in [0.25, 0.3) is 0 Å². The van der Waals surface area contributed by atoms with Crippen molar-refractivity contribution in [1.82, 2.24) is 4.90 Å². The Kier molecular flexibility index (Phi) is 3.37. The van der Waals surface area contributed by atoms with E-state index in [0.717, 1.165) is 49.4 Å². The van der Waals surface area contributed by atoms with E-state index in [2.05, 4.69) is 11.9 Å². The molecule has 0 bridgehead atoms. The van der Waals surface area contributed by atoms with Crippen LogP contribution in [-0.4, -0.2) is 43.4 Å².